The van der Waals surface area contributed by atoms with Crippen molar-refractivity contribution in [3.63, 3.8) is 0 Å². The van der Waals surface area contributed by atoms with Crippen LogP contribution in [0.4, 0.5) is 0 Å². The molecule has 0 bridgehead atoms. The molecule has 0 saturated carbocycles. The summed E-state index contributed by atoms with van der Waals surface area (Å²) in [4.78, 5) is 0. The zero-order valence-corrected chi connectivity index (χ0v) is 12.9. The van der Waals surface area contributed by atoms with E-state index < -0.39 is 0 Å². The van der Waals surface area contributed by atoms with Crippen molar-refractivity contribution in [2.45, 2.75) is 32.0 Å². The molecule has 1 saturated heterocycles. The average Bonchev–Trinajstić information content (AvgIpc) is 2.82. The summed E-state index contributed by atoms with van der Waals surface area (Å²) in [6.45, 7) is 4.73. The van der Waals surface area contributed by atoms with E-state index in [-0.39, 0.29) is 6.10 Å². The number of likely N-dealkylation sites (N-methyl/N-ethyl adjacent to an activating group) is 1. The van der Waals surface area contributed by atoms with E-state index in [0.717, 1.165) is 31.7 Å². The second kappa shape index (κ2) is 7.31. The minimum absolute atomic E-state index is 0.242. The van der Waals surface area contributed by atoms with E-state index in [4.69, 9.17) is 9.47 Å². The Kier molecular flexibility index (Phi) is 5.72. The third-order valence-electron chi connectivity index (χ3n) is 3.05. The van der Waals surface area contributed by atoms with Gasteiger partial charge in [0, 0.05) is 10.1 Å². The van der Waals surface area contributed by atoms with Crippen LogP contribution in [0.2, 0.25) is 0 Å². The predicted octanol–water partition coefficient (Wildman–Crippen LogP) is 2.83. The van der Waals surface area contributed by atoms with Crippen molar-refractivity contribution in [3.05, 3.63) is 27.8 Å². The smallest absolute Gasteiger partial charge is 0.120 e. The molecule has 1 N–H and O–H groups in total. The molecule has 1 fully saturated rings. The van der Waals surface area contributed by atoms with Crippen molar-refractivity contribution in [3.8, 4) is 5.75 Å². The number of rotatable bonds is 6. The molecule has 18 heavy (non-hydrogen) atoms. The van der Waals surface area contributed by atoms with E-state index in [1.165, 1.54) is 3.57 Å². The fraction of sp³-hybridized carbons (Fsp3) is 0.571. The molecule has 1 aromatic rings. The largest absolute Gasteiger partial charge is 0.491 e. The molecule has 100 valence electrons. The van der Waals surface area contributed by atoms with Crippen molar-refractivity contribution in [1.29, 1.82) is 0 Å². The lowest BCUT2D eigenvalue weighted by molar-refractivity contribution is 0.0188. The summed E-state index contributed by atoms with van der Waals surface area (Å²) < 4.78 is 12.9. The Morgan fingerprint density at radius 1 is 1.39 bits per heavy atom. The summed E-state index contributed by atoms with van der Waals surface area (Å²) >= 11 is 2.29. The van der Waals surface area contributed by atoms with E-state index in [1.54, 1.807) is 0 Å². The lowest BCUT2D eigenvalue weighted by Gasteiger charge is -2.15. The maximum atomic E-state index is 5.93. The Hall–Kier alpha value is -0.330. The fourth-order valence-corrected chi connectivity index (χ4v) is 2.62. The highest BCUT2D eigenvalue weighted by Crippen LogP contribution is 2.21. The topological polar surface area (TPSA) is 30.5 Å². The molecule has 4 heteroatoms. The second-order valence-corrected chi connectivity index (χ2v) is 5.78. The van der Waals surface area contributed by atoms with Crippen LogP contribution in [0, 0.1) is 3.57 Å². The zero-order chi connectivity index (χ0) is 12.8. The van der Waals surface area contributed by atoms with Gasteiger partial charge in [-0.15, -0.1) is 0 Å². The highest BCUT2D eigenvalue weighted by Gasteiger charge is 2.25. The molecule has 1 heterocycles. The Morgan fingerprint density at radius 3 is 3.00 bits per heavy atom. The van der Waals surface area contributed by atoms with Crippen LogP contribution in [-0.2, 0) is 4.74 Å². The zero-order valence-electron chi connectivity index (χ0n) is 10.7. The standard InChI is InChI=1S/C14H20INO2/c1-2-16-9-13-6-7-14(18-13)10-17-12-5-3-4-11(15)8-12/h3-5,8,13-14,16H,2,6-7,9-10H2,1H3. The number of hydrogen-bond acceptors (Lipinski definition) is 3. The summed E-state index contributed by atoms with van der Waals surface area (Å²) in [6.07, 6.45) is 2.83. The van der Waals surface area contributed by atoms with E-state index >= 15 is 0 Å². The maximum absolute atomic E-state index is 5.93. The Labute approximate surface area is 122 Å². The minimum atomic E-state index is 0.242. The number of benzene rings is 1. The molecule has 0 aromatic heterocycles. The second-order valence-electron chi connectivity index (χ2n) is 4.53. The van der Waals surface area contributed by atoms with Crippen LogP contribution >= 0.6 is 22.6 Å². The lowest BCUT2D eigenvalue weighted by atomic mass is 10.2. The predicted molar refractivity (Wildman–Crippen MR) is 81.1 cm³/mol. The van der Waals surface area contributed by atoms with Crippen molar-refractivity contribution in [2.75, 3.05) is 19.7 Å². The third-order valence-corrected chi connectivity index (χ3v) is 3.72. The number of hydrogen-bond donors (Lipinski definition) is 1. The molecule has 2 unspecified atom stereocenters. The van der Waals surface area contributed by atoms with Crippen LogP contribution in [0.25, 0.3) is 0 Å². The van der Waals surface area contributed by atoms with Crippen LogP contribution in [0.5, 0.6) is 5.75 Å². The summed E-state index contributed by atoms with van der Waals surface area (Å²) in [6, 6.07) is 8.12. The Bertz CT molecular complexity index is 373. The summed E-state index contributed by atoms with van der Waals surface area (Å²) in [5, 5.41) is 3.33. The molecule has 0 radical (unpaired) electrons. The van der Waals surface area contributed by atoms with Crippen LogP contribution < -0.4 is 10.1 Å². The van der Waals surface area contributed by atoms with E-state index in [1.807, 2.05) is 18.2 Å². The van der Waals surface area contributed by atoms with Crippen LogP contribution in [0.3, 0.4) is 0 Å². The monoisotopic (exact) mass is 361 g/mol. The fourth-order valence-electron chi connectivity index (χ4n) is 2.10. The summed E-state index contributed by atoms with van der Waals surface area (Å²) in [5.74, 6) is 0.931. The SMILES string of the molecule is CCNCC1CCC(COc2cccc(I)c2)O1. The summed E-state index contributed by atoms with van der Waals surface area (Å²) in [7, 11) is 0. The number of halogens is 1. The molecule has 1 aliphatic rings. The molecule has 2 rings (SSSR count). The maximum Gasteiger partial charge on any atom is 0.120 e. The summed E-state index contributed by atoms with van der Waals surface area (Å²) in [5.41, 5.74) is 0. The number of nitrogens with one attached hydrogen (secondary N) is 1. The normalized spacial score (nSPS) is 23.2. The van der Waals surface area contributed by atoms with Gasteiger partial charge in [0.15, 0.2) is 0 Å². The number of ether oxygens (including phenoxy) is 2. The van der Waals surface area contributed by atoms with Crippen molar-refractivity contribution in [2.24, 2.45) is 0 Å². The van der Waals surface area contributed by atoms with Crippen LogP contribution in [-0.4, -0.2) is 31.9 Å². The molecule has 2 atom stereocenters. The van der Waals surface area contributed by atoms with Crippen LogP contribution in [0.15, 0.2) is 24.3 Å². The van der Waals surface area contributed by atoms with Gasteiger partial charge >= 0.3 is 0 Å². The first-order valence-electron chi connectivity index (χ1n) is 6.52. The van der Waals surface area contributed by atoms with Gasteiger partial charge in [-0.2, -0.15) is 0 Å². The van der Waals surface area contributed by atoms with Gasteiger partial charge in [-0.05, 0) is 60.2 Å². The first-order valence-corrected chi connectivity index (χ1v) is 7.60. The molecule has 1 aliphatic heterocycles. The van der Waals surface area contributed by atoms with E-state index in [0.29, 0.717) is 12.7 Å². The molecular weight excluding hydrogens is 341 g/mol. The van der Waals surface area contributed by atoms with Gasteiger partial charge in [-0.25, -0.2) is 0 Å². The van der Waals surface area contributed by atoms with Gasteiger partial charge in [0.05, 0.1) is 12.2 Å². The van der Waals surface area contributed by atoms with Gasteiger partial charge in [-0.1, -0.05) is 13.0 Å². The lowest BCUT2D eigenvalue weighted by Crippen LogP contribution is -2.28. The van der Waals surface area contributed by atoms with Crippen molar-refractivity contribution < 1.29 is 9.47 Å². The van der Waals surface area contributed by atoms with Gasteiger partial charge in [-0.3, -0.25) is 0 Å². The highest BCUT2D eigenvalue weighted by molar-refractivity contribution is 14.1. The van der Waals surface area contributed by atoms with Gasteiger partial charge in [0.25, 0.3) is 0 Å². The molecule has 1 aromatic carbocycles. The van der Waals surface area contributed by atoms with E-state index in [2.05, 4.69) is 40.9 Å². The highest BCUT2D eigenvalue weighted by atomic mass is 127. The van der Waals surface area contributed by atoms with Gasteiger partial charge in [0.1, 0.15) is 12.4 Å². The van der Waals surface area contributed by atoms with Crippen molar-refractivity contribution in [1.82, 2.24) is 5.32 Å². The first kappa shape index (κ1) is 14.1. The third kappa shape index (κ3) is 4.40. The van der Waals surface area contributed by atoms with Gasteiger partial charge < -0.3 is 14.8 Å². The molecule has 0 aliphatic carbocycles. The van der Waals surface area contributed by atoms with Crippen molar-refractivity contribution >= 4 is 22.6 Å². The van der Waals surface area contributed by atoms with Gasteiger partial charge in [0.2, 0.25) is 0 Å². The average molecular weight is 361 g/mol. The minimum Gasteiger partial charge on any atom is -0.491 e. The van der Waals surface area contributed by atoms with Crippen LogP contribution in [0.1, 0.15) is 19.8 Å². The molecule has 3 nitrogen and oxygen atoms in total. The first-order chi connectivity index (χ1) is 8.78. The molecule has 0 amide bonds. The van der Waals surface area contributed by atoms with E-state index in [9.17, 15) is 0 Å². The Morgan fingerprint density at radius 2 is 2.22 bits per heavy atom. The molecular formula is C14H20INO2. The molecule has 0 spiro atoms. The Balaban J connectivity index is 1.72. The quantitative estimate of drug-likeness (QED) is 0.791.